The average Bonchev–Trinajstić information content (AvgIpc) is 2.39. The highest BCUT2D eigenvalue weighted by Crippen LogP contribution is 2.20. The van der Waals surface area contributed by atoms with E-state index >= 15 is 0 Å². The topological polar surface area (TPSA) is 24.5 Å². The molecule has 108 valence electrons. The average molecular weight is 256 g/mol. The maximum atomic E-state index is 5.80. The molecule has 0 saturated carbocycles. The summed E-state index contributed by atoms with van der Waals surface area (Å²) in [5.74, 6) is 0.644. The maximum Gasteiger partial charge on any atom is 0.0612 e. The number of hydrogen-bond donors (Lipinski definition) is 1. The molecular weight excluding hydrogens is 224 g/mol. The van der Waals surface area contributed by atoms with E-state index in [4.69, 9.17) is 4.74 Å². The summed E-state index contributed by atoms with van der Waals surface area (Å²) >= 11 is 0. The van der Waals surface area contributed by atoms with Crippen molar-refractivity contribution in [1.29, 1.82) is 0 Å². The van der Waals surface area contributed by atoms with Gasteiger partial charge >= 0.3 is 0 Å². The van der Waals surface area contributed by atoms with Gasteiger partial charge in [0.05, 0.1) is 6.10 Å². The Kier molecular flexibility index (Phi) is 7.87. The predicted octanol–water partition coefficient (Wildman–Crippen LogP) is 2.51. The second kappa shape index (κ2) is 8.89. The Balaban J connectivity index is 2.11. The summed E-state index contributed by atoms with van der Waals surface area (Å²) in [4.78, 5) is 2.49. The van der Waals surface area contributed by atoms with E-state index in [1.165, 1.54) is 38.9 Å². The largest absolute Gasteiger partial charge is 0.378 e. The van der Waals surface area contributed by atoms with Gasteiger partial charge in [0.15, 0.2) is 0 Å². The molecule has 0 aromatic rings. The molecule has 0 aliphatic carbocycles. The van der Waals surface area contributed by atoms with Gasteiger partial charge in [-0.2, -0.15) is 0 Å². The van der Waals surface area contributed by atoms with Gasteiger partial charge < -0.3 is 15.0 Å². The normalized spacial score (nSPS) is 25.0. The molecule has 0 aromatic carbocycles. The molecule has 1 aliphatic rings. The van der Waals surface area contributed by atoms with Crippen LogP contribution in [0, 0.1) is 5.92 Å². The van der Waals surface area contributed by atoms with E-state index in [0.29, 0.717) is 18.1 Å². The molecule has 0 aromatic heterocycles. The van der Waals surface area contributed by atoms with Crippen LogP contribution in [0.4, 0.5) is 0 Å². The van der Waals surface area contributed by atoms with E-state index in [2.05, 4.69) is 37.9 Å². The molecule has 0 spiro atoms. The van der Waals surface area contributed by atoms with Gasteiger partial charge in [-0.3, -0.25) is 0 Å². The van der Waals surface area contributed by atoms with Crippen molar-refractivity contribution in [3.05, 3.63) is 0 Å². The Labute approximate surface area is 113 Å². The van der Waals surface area contributed by atoms with Gasteiger partial charge in [0, 0.05) is 12.6 Å². The molecule has 1 saturated heterocycles. The lowest BCUT2D eigenvalue weighted by atomic mass is 9.95. The van der Waals surface area contributed by atoms with Crippen molar-refractivity contribution in [2.75, 3.05) is 32.8 Å². The molecule has 2 unspecified atom stereocenters. The van der Waals surface area contributed by atoms with Gasteiger partial charge in [0.25, 0.3) is 0 Å². The van der Waals surface area contributed by atoms with E-state index < -0.39 is 0 Å². The Morgan fingerprint density at radius 3 is 2.61 bits per heavy atom. The molecule has 2 atom stereocenters. The summed E-state index contributed by atoms with van der Waals surface area (Å²) in [6, 6.07) is 0.669. The predicted molar refractivity (Wildman–Crippen MR) is 78.0 cm³/mol. The molecule has 1 fully saturated rings. The molecule has 1 rings (SSSR count). The number of hydrogen-bond acceptors (Lipinski definition) is 3. The highest BCUT2D eigenvalue weighted by molar-refractivity contribution is 4.78. The number of ether oxygens (including phenoxy) is 1. The van der Waals surface area contributed by atoms with Crippen LogP contribution in [-0.2, 0) is 4.74 Å². The van der Waals surface area contributed by atoms with Crippen LogP contribution in [0.3, 0.4) is 0 Å². The van der Waals surface area contributed by atoms with Crippen LogP contribution in [0.15, 0.2) is 0 Å². The smallest absolute Gasteiger partial charge is 0.0612 e. The standard InChI is InChI=1S/C15H32N2O/c1-5-17(6-2)10-7-9-16-14-8-11-18-15(12-14)13(3)4/h13-16H,5-12H2,1-4H3. The molecule has 1 heterocycles. The Bertz CT molecular complexity index is 205. The van der Waals surface area contributed by atoms with Crippen molar-refractivity contribution in [1.82, 2.24) is 10.2 Å². The zero-order chi connectivity index (χ0) is 13.4. The van der Waals surface area contributed by atoms with Gasteiger partial charge in [-0.15, -0.1) is 0 Å². The van der Waals surface area contributed by atoms with Crippen LogP contribution < -0.4 is 5.32 Å². The number of nitrogens with zero attached hydrogens (tertiary/aromatic N) is 1. The van der Waals surface area contributed by atoms with E-state index in [-0.39, 0.29) is 0 Å². The molecule has 1 aliphatic heterocycles. The van der Waals surface area contributed by atoms with Crippen LogP contribution in [0.5, 0.6) is 0 Å². The van der Waals surface area contributed by atoms with E-state index in [1.807, 2.05) is 0 Å². The van der Waals surface area contributed by atoms with Gasteiger partial charge in [-0.25, -0.2) is 0 Å². The first-order valence-electron chi connectivity index (χ1n) is 7.74. The SMILES string of the molecule is CCN(CC)CCCNC1CCOC(C(C)C)C1. The van der Waals surface area contributed by atoms with E-state index in [0.717, 1.165) is 13.2 Å². The molecule has 0 bridgehead atoms. The lowest BCUT2D eigenvalue weighted by Crippen LogP contribution is -2.41. The van der Waals surface area contributed by atoms with Gasteiger partial charge in [0.1, 0.15) is 0 Å². The van der Waals surface area contributed by atoms with Crippen LogP contribution in [-0.4, -0.2) is 49.8 Å². The third-order valence-corrected chi connectivity index (χ3v) is 4.04. The summed E-state index contributed by atoms with van der Waals surface area (Å²) in [7, 11) is 0. The third-order valence-electron chi connectivity index (χ3n) is 4.04. The fraction of sp³-hybridized carbons (Fsp3) is 1.00. The Morgan fingerprint density at radius 2 is 2.00 bits per heavy atom. The van der Waals surface area contributed by atoms with Crippen molar-refractivity contribution >= 4 is 0 Å². The molecule has 3 nitrogen and oxygen atoms in total. The quantitative estimate of drug-likeness (QED) is 0.675. The van der Waals surface area contributed by atoms with Crippen LogP contribution in [0.1, 0.15) is 47.0 Å². The monoisotopic (exact) mass is 256 g/mol. The second-order valence-corrected chi connectivity index (χ2v) is 5.71. The molecule has 0 radical (unpaired) electrons. The fourth-order valence-electron chi connectivity index (χ4n) is 2.63. The van der Waals surface area contributed by atoms with Gasteiger partial charge in [0.2, 0.25) is 0 Å². The Hall–Kier alpha value is -0.120. The van der Waals surface area contributed by atoms with Crippen molar-refractivity contribution < 1.29 is 4.74 Å². The van der Waals surface area contributed by atoms with Crippen LogP contribution in [0.2, 0.25) is 0 Å². The van der Waals surface area contributed by atoms with Gasteiger partial charge in [-0.05, 0) is 51.4 Å². The summed E-state index contributed by atoms with van der Waals surface area (Å²) in [6.07, 6.45) is 4.07. The molecule has 0 amide bonds. The number of rotatable bonds is 8. The first-order valence-corrected chi connectivity index (χ1v) is 7.74. The summed E-state index contributed by atoms with van der Waals surface area (Å²) in [6.45, 7) is 14.6. The summed E-state index contributed by atoms with van der Waals surface area (Å²) in [5.41, 5.74) is 0. The molecular formula is C15H32N2O. The van der Waals surface area contributed by atoms with Crippen molar-refractivity contribution in [2.24, 2.45) is 5.92 Å². The minimum atomic E-state index is 0.457. The fourth-order valence-corrected chi connectivity index (χ4v) is 2.63. The molecule has 3 heteroatoms. The zero-order valence-electron chi connectivity index (χ0n) is 12.7. The lowest BCUT2D eigenvalue weighted by Gasteiger charge is -2.32. The minimum Gasteiger partial charge on any atom is -0.378 e. The van der Waals surface area contributed by atoms with E-state index in [1.54, 1.807) is 0 Å². The summed E-state index contributed by atoms with van der Waals surface area (Å²) in [5, 5.41) is 3.70. The minimum absolute atomic E-state index is 0.457. The highest BCUT2D eigenvalue weighted by Gasteiger charge is 2.24. The van der Waals surface area contributed by atoms with Crippen LogP contribution >= 0.6 is 0 Å². The second-order valence-electron chi connectivity index (χ2n) is 5.71. The first kappa shape index (κ1) is 15.9. The van der Waals surface area contributed by atoms with E-state index in [9.17, 15) is 0 Å². The zero-order valence-corrected chi connectivity index (χ0v) is 12.7. The van der Waals surface area contributed by atoms with Crippen molar-refractivity contribution in [2.45, 2.75) is 59.1 Å². The first-order chi connectivity index (χ1) is 8.67. The van der Waals surface area contributed by atoms with Crippen molar-refractivity contribution in [3.8, 4) is 0 Å². The van der Waals surface area contributed by atoms with Gasteiger partial charge in [-0.1, -0.05) is 27.7 Å². The highest BCUT2D eigenvalue weighted by atomic mass is 16.5. The Morgan fingerprint density at radius 1 is 1.28 bits per heavy atom. The molecule has 18 heavy (non-hydrogen) atoms. The van der Waals surface area contributed by atoms with Crippen LogP contribution in [0.25, 0.3) is 0 Å². The summed E-state index contributed by atoms with van der Waals surface area (Å²) < 4.78 is 5.80. The third kappa shape index (κ3) is 5.68. The molecule has 1 N–H and O–H groups in total. The number of nitrogens with one attached hydrogen (secondary N) is 1. The van der Waals surface area contributed by atoms with Crippen molar-refractivity contribution in [3.63, 3.8) is 0 Å². The lowest BCUT2D eigenvalue weighted by molar-refractivity contribution is -0.0243. The maximum absolute atomic E-state index is 5.80.